The predicted octanol–water partition coefficient (Wildman–Crippen LogP) is 4.54. The first-order valence-corrected chi connectivity index (χ1v) is 11.1. The van der Waals surface area contributed by atoms with Crippen LogP contribution < -0.4 is 4.90 Å². The van der Waals surface area contributed by atoms with E-state index < -0.39 is 0 Å². The van der Waals surface area contributed by atoms with Crippen molar-refractivity contribution in [1.82, 2.24) is 9.97 Å². The summed E-state index contributed by atoms with van der Waals surface area (Å²) < 4.78 is 0. The summed E-state index contributed by atoms with van der Waals surface area (Å²) in [6.07, 6.45) is 8.90. The predicted molar refractivity (Wildman–Crippen MR) is 125 cm³/mol. The second-order valence-electron chi connectivity index (χ2n) is 6.58. The average Bonchev–Trinajstić information content (AvgIpc) is 2.71. The lowest BCUT2D eigenvalue weighted by Crippen LogP contribution is -2.38. The zero-order valence-corrected chi connectivity index (χ0v) is 19.0. The van der Waals surface area contributed by atoms with E-state index in [1.165, 1.54) is 11.1 Å². The molecule has 30 heavy (non-hydrogen) atoms. The summed E-state index contributed by atoms with van der Waals surface area (Å²) in [4.78, 5) is 26.9. The van der Waals surface area contributed by atoms with E-state index in [-0.39, 0.29) is 11.5 Å². The van der Waals surface area contributed by atoms with Gasteiger partial charge in [0.05, 0.1) is 28.2 Å². The molecule has 7 nitrogen and oxygen atoms in total. The van der Waals surface area contributed by atoms with Crippen molar-refractivity contribution in [3.05, 3.63) is 51.9 Å². The Morgan fingerprint density at radius 1 is 1.27 bits per heavy atom. The summed E-state index contributed by atoms with van der Waals surface area (Å²) in [6, 6.07) is 3.76. The number of carbonyl (C=O) groups excluding carboxylic acids is 1. The number of oxime groups is 1. The first-order chi connectivity index (χ1) is 14.4. The van der Waals surface area contributed by atoms with E-state index in [4.69, 9.17) is 16.8 Å². The molecule has 0 aromatic carbocycles. The molecule has 3 rings (SSSR count). The lowest BCUT2D eigenvalue weighted by Gasteiger charge is -2.27. The van der Waals surface area contributed by atoms with Gasteiger partial charge in [0.2, 0.25) is 0 Å². The smallest absolute Gasteiger partial charge is 0.262 e. The number of aryl methyl sites for hydroxylation is 2. The second-order valence-corrected chi connectivity index (χ2v) is 7.80. The molecular formula is C21H24ClN5O2S. The Morgan fingerprint density at radius 2 is 1.97 bits per heavy atom. The minimum Gasteiger partial charge on any atom is -0.411 e. The molecule has 1 aliphatic heterocycles. The number of hydrogen-bond donors (Lipinski definition) is 1. The van der Waals surface area contributed by atoms with Crippen LogP contribution >= 0.6 is 23.4 Å². The largest absolute Gasteiger partial charge is 0.411 e. The van der Waals surface area contributed by atoms with E-state index in [0.717, 1.165) is 23.0 Å². The fourth-order valence-electron chi connectivity index (χ4n) is 3.05. The highest BCUT2D eigenvalue weighted by Crippen LogP contribution is 2.33. The lowest BCUT2D eigenvalue weighted by molar-refractivity contribution is -0.115. The fraction of sp³-hybridized carbons (Fsp3) is 0.286. The maximum atomic E-state index is 12.8. The molecule has 1 N–H and O–H groups in total. The van der Waals surface area contributed by atoms with Crippen molar-refractivity contribution >= 4 is 48.0 Å². The molecule has 2 aromatic heterocycles. The number of rotatable bonds is 4. The van der Waals surface area contributed by atoms with Crippen LogP contribution in [-0.4, -0.2) is 53.1 Å². The highest BCUT2D eigenvalue weighted by molar-refractivity contribution is 7.97. The summed E-state index contributed by atoms with van der Waals surface area (Å²) in [7, 11) is 0. The third-order valence-electron chi connectivity index (χ3n) is 4.32. The van der Waals surface area contributed by atoms with E-state index in [1.54, 1.807) is 24.0 Å². The van der Waals surface area contributed by atoms with Crippen molar-refractivity contribution in [3.8, 4) is 11.3 Å². The number of hydrogen-bond acceptors (Lipinski definition) is 7. The Labute approximate surface area is 185 Å². The average molecular weight is 446 g/mol. The van der Waals surface area contributed by atoms with Crippen LogP contribution in [0.5, 0.6) is 0 Å². The normalized spacial score (nSPS) is 14.0. The van der Waals surface area contributed by atoms with Crippen LogP contribution in [0.4, 0.5) is 5.82 Å². The van der Waals surface area contributed by atoms with E-state index in [9.17, 15) is 4.79 Å². The summed E-state index contributed by atoms with van der Waals surface area (Å²) in [5, 5.41) is 12.3. The minimum atomic E-state index is -0.365. The number of aliphatic imine (C=N–C) groups is 1. The van der Waals surface area contributed by atoms with E-state index in [2.05, 4.69) is 26.8 Å². The topological polar surface area (TPSA) is 91.0 Å². The Kier molecular flexibility index (Phi) is 8.56. The second kappa shape index (κ2) is 10.9. The number of carbonyl (C=O) groups is 1. The van der Waals surface area contributed by atoms with Gasteiger partial charge in [-0.3, -0.25) is 19.7 Å². The van der Waals surface area contributed by atoms with Crippen molar-refractivity contribution < 1.29 is 10.0 Å². The van der Waals surface area contributed by atoms with E-state index >= 15 is 0 Å². The van der Waals surface area contributed by atoms with Gasteiger partial charge in [0, 0.05) is 30.9 Å². The fourth-order valence-corrected chi connectivity index (χ4v) is 3.24. The standard InChI is InChI=1S/C19H18ClN5O2.C2H6S/c1-11-6-12(2)18(23-8-11)13-7-17(22-10-15(13)20)25-5-4-16(21-3)14(9-24-27)19(25)26;1-3-2/h6-10,27H,3-5H2,1-2H3;1-2H3/b24-9-;. The quantitative estimate of drug-likeness (QED) is 0.423. The lowest BCUT2D eigenvalue weighted by atomic mass is 10.0. The first-order valence-electron chi connectivity index (χ1n) is 9.06. The number of amides is 1. The van der Waals surface area contributed by atoms with Crippen molar-refractivity contribution in [1.29, 1.82) is 0 Å². The molecular weight excluding hydrogens is 422 g/mol. The number of pyridine rings is 2. The maximum Gasteiger partial charge on any atom is 0.262 e. The van der Waals surface area contributed by atoms with Gasteiger partial charge in [0.1, 0.15) is 5.82 Å². The molecule has 0 aliphatic carbocycles. The third-order valence-corrected chi connectivity index (χ3v) is 4.63. The van der Waals surface area contributed by atoms with Crippen molar-refractivity contribution in [2.24, 2.45) is 10.1 Å². The van der Waals surface area contributed by atoms with Gasteiger partial charge in [0.15, 0.2) is 0 Å². The number of thioether (sulfide) groups is 1. The highest BCUT2D eigenvalue weighted by Gasteiger charge is 2.28. The van der Waals surface area contributed by atoms with E-state index in [1.807, 2.05) is 32.4 Å². The van der Waals surface area contributed by atoms with Gasteiger partial charge in [-0.15, -0.1) is 0 Å². The van der Waals surface area contributed by atoms with Crippen LogP contribution in [0.25, 0.3) is 11.3 Å². The van der Waals surface area contributed by atoms with Crippen molar-refractivity contribution in [3.63, 3.8) is 0 Å². The van der Waals surface area contributed by atoms with Gasteiger partial charge in [-0.1, -0.05) is 22.8 Å². The molecule has 0 radical (unpaired) electrons. The van der Waals surface area contributed by atoms with E-state index in [0.29, 0.717) is 35.1 Å². The van der Waals surface area contributed by atoms with Crippen LogP contribution in [0.3, 0.4) is 0 Å². The SMILES string of the molecule is C=NC1=C(/C=N\O)C(=O)N(c2cc(-c3ncc(C)cc3C)c(Cl)cn2)CC1.CSC. The van der Waals surface area contributed by atoms with Gasteiger partial charge in [-0.2, -0.15) is 11.8 Å². The molecule has 0 atom stereocenters. The summed E-state index contributed by atoms with van der Waals surface area (Å²) in [5.74, 6) is 0.0731. The van der Waals surface area contributed by atoms with Crippen LogP contribution in [0.1, 0.15) is 17.5 Å². The molecule has 1 amide bonds. The van der Waals surface area contributed by atoms with Crippen LogP contribution in [-0.2, 0) is 4.79 Å². The Hall–Kier alpha value is -2.71. The molecule has 158 valence electrons. The van der Waals surface area contributed by atoms with Crippen LogP contribution in [0.2, 0.25) is 5.02 Å². The summed E-state index contributed by atoms with van der Waals surface area (Å²) >= 11 is 8.10. The minimum absolute atomic E-state index is 0.182. The zero-order chi connectivity index (χ0) is 22.3. The van der Waals surface area contributed by atoms with Gasteiger partial charge in [-0.05, 0) is 50.3 Å². The van der Waals surface area contributed by atoms with Gasteiger partial charge in [-0.25, -0.2) is 4.98 Å². The highest BCUT2D eigenvalue weighted by atomic mass is 35.5. The molecule has 0 saturated carbocycles. The number of halogens is 1. The molecule has 0 spiro atoms. The third kappa shape index (κ3) is 5.25. The monoisotopic (exact) mass is 445 g/mol. The number of nitrogens with zero attached hydrogens (tertiary/aromatic N) is 5. The molecule has 0 unspecified atom stereocenters. The molecule has 2 aromatic rings. The van der Waals surface area contributed by atoms with Crippen LogP contribution in [0, 0.1) is 13.8 Å². The Morgan fingerprint density at radius 3 is 2.57 bits per heavy atom. The van der Waals surface area contributed by atoms with Gasteiger partial charge >= 0.3 is 0 Å². The van der Waals surface area contributed by atoms with Crippen LogP contribution in [0.15, 0.2) is 45.9 Å². The maximum absolute atomic E-state index is 12.8. The van der Waals surface area contributed by atoms with Gasteiger partial charge in [0.25, 0.3) is 5.91 Å². The summed E-state index contributed by atoms with van der Waals surface area (Å²) in [5.41, 5.74) is 4.13. The number of aromatic nitrogens is 2. The molecule has 0 bridgehead atoms. The van der Waals surface area contributed by atoms with Gasteiger partial charge < -0.3 is 5.21 Å². The van der Waals surface area contributed by atoms with Crippen molar-refractivity contribution in [2.45, 2.75) is 20.3 Å². The van der Waals surface area contributed by atoms with Crippen molar-refractivity contribution in [2.75, 3.05) is 24.0 Å². The molecule has 3 heterocycles. The zero-order valence-electron chi connectivity index (χ0n) is 17.4. The Balaban J connectivity index is 0.00000101. The molecule has 9 heteroatoms. The molecule has 1 aliphatic rings. The first kappa shape index (κ1) is 23.6. The number of anilines is 1. The molecule has 0 fully saturated rings. The Bertz CT molecular complexity index is 1010. The summed E-state index contributed by atoms with van der Waals surface area (Å²) in [6.45, 7) is 7.77. The molecule has 0 saturated heterocycles.